The second-order valence-electron chi connectivity index (χ2n) is 5.70. The van der Waals surface area contributed by atoms with Crippen LogP contribution in [-0.4, -0.2) is 23.4 Å². The third kappa shape index (κ3) is 3.03. The molecule has 2 aromatic rings. The fraction of sp³-hybridized carbons (Fsp3) is 0.467. The zero-order valence-electron chi connectivity index (χ0n) is 11.8. The third-order valence-electron chi connectivity index (χ3n) is 4.09. The number of hydrogen-bond acceptors (Lipinski definition) is 3. The van der Waals surface area contributed by atoms with Crippen LogP contribution in [0, 0.1) is 5.92 Å². The van der Waals surface area contributed by atoms with Crippen molar-refractivity contribution in [2.24, 2.45) is 5.92 Å². The van der Waals surface area contributed by atoms with Crippen molar-refractivity contribution in [2.45, 2.75) is 31.6 Å². The highest BCUT2D eigenvalue weighted by Gasteiger charge is 2.34. The van der Waals surface area contributed by atoms with Gasteiger partial charge in [-0.25, -0.2) is 13.6 Å². The number of halogens is 2. The lowest BCUT2D eigenvalue weighted by atomic mass is 9.87. The van der Waals surface area contributed by atoms with Crippen molar-refractivity contribution in [3.63, 3.8) is 0 Å². The Morgan fingerprint density at radius 2 is 2.09 bits per heavy atom. The predicted octanol–water partition coefficient (Wildman–Crippen LogP) is 2.68. The number of carbonyl (C=O) groups is 1. The maximum absolute atomic E-state index is 13.1. The van der Waals surface area contributed by atoms with Gasteiger partial charge in [-0.3, -0.25) is 9.78 Å². The summed E-state index contributed by atoms with van der Waals surface area (Å²) in [5.41, 5.74) is 0.972. The van der Waals surface area contributed by atoms with Gasteiger partial charge in [0.25, 0.3) is 5.91 Å². The van der Waals surface area contributed by atoms with Gasteiger partial charge in [-0.15, -0.1) is 0 Å². The highest BCUT2D eigenvalue weighted by atomic mass is 19.3. The summed E-state index contributed by atoms with van der Waals surface area (Å²) in [6.07, 6.45) is 0.552. The van der Waals surface area contributed by atoms with Crippen molar-refractivity contribution in [1.82, 2.24) is 10.3 Å². The first kappa shape index (κ1) is 14.7. The lowest BCUT2D eigenvalue weighted by Crippen LogP contribution is -2.34. The van der Waals surface area contributed by atoms with Crippen LogP contribution in [-0.2, 0) is 0 Å². The van der Waals surface area contributed by atoms with E-state index in [1.165, 1.54) is 0 Å². The molecular weight excluding hydrogens is 294 g/mol. The minimum Gasteiger partial charge on any atom is -0.408 e. The molecule has 0 aliphatic heterocycles. The van der Waals surface area contributed by atoms with Crippen LogP contribution in [0.3, 0.4) is 0 Å². The molecule has 1 heterocycles. The zero-order valence-corrected chi connectivity index (χ0v) is 11.8. The number of aromatic amines is 1. The van der Waals surface area contributed by atoms with E-state index < -0.39 is 11.7 Å². The molecule has 1 aromatic carbocycles. The van der Waals surface area contributed by atoms with Crippen molar-refractivity contribution in [3.8, 4) is 0 Å². The molecule has 118 valence electrons. The van der Waals surface area contributed by atoms with Crippen molar-refractivity contribution < 1.29 is 18.0 Å². The van der Waals surface area contributed by atoms with Gasteiger partial charge in [-0.2, -0.15) is 0 Å². The molecule has 1 amide bonds. The Balaban J connectivity index is 1.66. The first-order chi connectivity index (χ1) is 10.4. The Bertz CT molecular complexity index is 741. The lowest BCUT2D eigenvalue weighted by molar-refractivity contribution is -0.0452. The average Bonchev–Trinajstić information content (AvgIpc) is 2.85. The van der Waals surface area contributed by atoms with E-state index in [1.807, 2.05) is 0 Å². The van der Waals surface area contributed by atoms with Crippen molar-refractivity contribution in [3.05, 3.63) is 34.3 Å². The van der Waals surface area contributed by atoms with Crippen LogP contribution in [0.4, 0.5) is 8.78 Å². The van der Waals surface area contributed by atoms with Crippen molar-refractivity contribution >= 4 is 17.0 Å². The maximum atomic E-state index is 13.1. The summed E-state index contributed by atoms with van der Waals surface area (Å²) in [6, 6.07) is 4.79. The zero-order chi connectivity index (χ0) is 15.7. The molecule has 5 nitrogen and oxygen atoms in total. The van der Waals surface area contributed by atoms with Gasteiger partial charge in [0.2, 0.25) is 5.92 Å². The quantitative estimate of drug-likeness (QED) is 0.915. The van der Waals surface area contributed by atoms with Crippen molar-refractivity contribution in [1.29, 1.82) is 0 Å². The summed E-state index contributed by atoms with van der Waals surface area (Å²) >= 11 is 0. The molecule has 1 aliphatic rings. The predicted molar refractivity (Wildman–Crippen MR) is 76.1 cm³/mol. The van der Waals surface area contributed by atoms with E-state index in [-0.39, 0.29) is 24.7 Å². The molecule has 1 aliphatic carbocycles. The summed E-state index contributed by atoms with van der Waals surface area (Å²) < 4.78 is 31.1. The highest BCUT2D eigenvalue weighted by Crippen LogP contribution is 2.35. The first-order valence-electron chi connectivity index (χ1n) is 7.22. The summed E-state index contributed by atoms with van der Waals surface area (Å²) in [4.78, 5) is 25.9. The SMILES string of the molecule is O=C(NCC1CCC(F)(F)CC1)c1cccc2oc(=O)[nH]c12. The Morgan fingerprint density at radius 1 is 1.36 bits per heavy atom. The number of benzene rings is 1. The summed E-state index contributed by atoms with van der Waals surface area (Å²) in [5.74, 6) is -3.47. The summed E-state index contributed by atoms with van der Waals surface area (Å²) in [6.45, 7) is 0.355. The number of oxazole rings is 1. The van der Waals surface area contributed by atoms with Crippen LogP contribution in [0.15, 0.2) is 27.4 Å². The van der Waals surface area contributed by atoms with Crippen LogP contribution in [0.2, 0.25) is 0 Å². The normalized spacial score (nSPS) is 18.5. The number of hydrogen-bond donors (Lipinski definition) is 2. The van der Waals surface area contributed by atoms with E-state index in [0.717, 1.165) is 0 Å². The molecule has 0 saturated heterocycles. The molecule has 0 bridgehead atoms. The topological polar surface area (TPSA) is 75.1 Å². The van der Waals surface area contributed by atoms with E-state index in [2.05, 4.69) is 10.3 Å². The van der Waals surface area contributed by atoms with Gasteiger partial charge in [-0.1, -0.05) is 6.07 Å². The van der Waals surface area contributed by atoms with Gasteiger partial charge in [0, 0.05) is 19.4 Å². The van der Waals surface area contributed by atoms with Crippen LogP contribution in [0.25, 0.3) is 11.1 Å². The molecule has 22 heavy (non-hydrogen) atoms. The second-order valence-corrected chi connectivity index (χ2v) is 5.70. The monoisotopic (exact) mass is 310 g/mol. The van der Waals surface area contributed by atoms with Gasteiger partial charge >= 0.3 is 5.76 Å². The molecule has 0 atom stereocenters. The number of nitrogens with one attached hydrogen (secondary N) is 2. The minimum absolute atomic E-state index is 0.0613. The molecule has 0 spiro atoms. The molecule has 1 saturated carbocycles. The average molecular weight is 310 g/mol. The Labute approximate surface area is 124 Å². The number of carbonyl (C=O) groups excluding carboxylic acids is 1. The van der Waals surface area contributed by atoms with Crippen LogP contribution < -0.4 is 11.1 Å². The molecule has 7 heteroatoms. The number of amides is 1. The second kappa shape index (κ2) is 5.55. The van der Waals surface area contributed by atoms with E-state index >= 15 is 0 Å². The van der Waals surface area contributed by atoms with Crippen molar-refractivity contribution in [2.75, 3.05) is 6.54 Å². The molecule has 2 N–H and O–H groups in total. The molecular formula is C15H16F2N2O3. The van der Waals surface area contributed by atoms with Gasteiger partial charge in [0.15, 0.2) is 5.58 Å². The van der Waals surface area contributed by atoms with E-state index in [1.54, 1.807) is 18.2 Å². The standard InChI is InChI=1S/C15H16F2N2O3/c16-15(17)6-4-9(5-7-15)8-18-13(20)10-2-1-3-11-12(10)19-14(21)22-11/h1-3,9H,4-8H2,(H,18,20)(H,19,21). The lowest BCUT2D eigenvalue weighted by Gasteiger charge is -2.28. The van der Waals surface area contributed by atoms with Gasteiger partial charge in [0.1, 0.15) is 0 Å². The summed E-state index contributed by atoms with van der Waals surface area (Å²) in [7, 11) is 0. The fourth-order valence-electron chi connectivity index (χ4n) is 2.80. The van der Waals surface area contributed by atoms with Crippen LogP contribution in [0.5, 0.6) is 0 Å². The van der Waals surface area contributed by atoms with Crippen LogP contribution in [0.1, 0.15) is 36.0 Å². The Kier molecular flexibility index (Phi) is 3.72. The van der Waals surface area contributed by atoms with E-state index in [9.17, 15) is 18.4 Å². The summed E-state index contributed by atoms with van der Waals surface area (Å²) in [5, 5.41) is 2.75. The maximum Gasteiger partial charge on any atom is 0.417 e. The van der Waals surface area contributed by atoms with Crippen LogP contribution >= 0.6 is 0 Å². The molecule has 3 rings (SSSR count). The third-order valence-corrected chi connectivity index (χ3v) is 4.09. The minimum atomic E-state index is -2.57. The smallest absolute Gasteiger partial charge is 0.408 e. The molecule has 1 aromatic heterocycles. The number of aromatic nitrogens is 1. The number of rotatable bonds is 3. The Morgan fingerprint density at radius 3 is 2.82 bits per heavy atom. The molecule has 0 unspecified atom stereocenters. The first-order valence-corrected chi connectivity index (χ1v) is 7.22. The number of para-hydroxylation sites is 1. The van der Waals surface area contributed by atoms with Gasteiger partial charge in [0.05, 0.1) is 11.1 Å². The fourth-order valence-corrected chi connectivity index (χ4v) is 2.80. The van der Waals surface area contributed by atoms with E-state index in [0.29, 0.717) is 36.0 Å². The Hall–Kier alpha value is -2.18. The molecule has 0 radical (unpaired) electrons. The van der Waals surface area contributed by atoms with E-state index in [4.69, 9.17) is 4.42 Å². The van der Waals surface area contributed by atoms with Gasteiger partial charge in [-0.05, 0) is 30.9 Å². The number of fused-ring (bicyclic) bond motifs is 1. The largest absolute Gasteiger partial charge is 0.417 e. The number of alkyl halides is 2. The highest BCUT2D eigenvalue weighted by molar-refractivity contribution is 6.04. The van der Waals surface area contributed by atoms with Gasteiger partial charge < -0.3 is 9.73 Å². The number of H-pyrrole nitrogens is 1. The molecule has 1 fully saturated rings.